The van der Waals surface area contributed by atoms with Gasteiger partial charge >= 0.3 is 11.9 Å². The fraction of sp³-hybridized carbons (Fsp3) is 0.932. The smallest absolute Gasteiger partial charge is 0.335 e. The maximum absolute atomic E-state index is 14.1. The molecule has 22 heteroatoms. The molecule has 12 N–H and O–H groups in total. The molecule has 0 radical (unpaired) electrons. The van der Waals surface area contributed by atoms with Crippen molar-refractivity contribution in [3.05, 3.63) is 0 Å². The number of hydrogen-bond acceptors (Lipinski definition) is 21. The van der Waals surface area contributed by atoms with E-state index in [1.165, 1.54) is 27.9 Å². The van der Waals surface area contributed by atoms with E-state index < -0.39 is 151 Å². The van der Waals surface area contributed by atoms with Crippen LogP contribution in [0.25, 0.3) is 0 Å². The molecule has 1 unspecified atom stereocenters. The van der Waals surface area contributed by atoms with Crippen LogP contribution in [0.1, 0.15) is 94.9 Å². The lowest BCUT2D eigenvalue weighted by Gasteiger charge is -2.49. The van der Waals surface area contributed by atoms with Crippen molar-refractivity contribution in [2.75, 3.05) is 27.8 Å². The van der Waals surface area contributed by atoms with Gasteiger partial charge in [0.05, 0.1) is 54.2 Å². The number of nitrogens with zero attached hydrogens (tertiary/aromatic N) is 1. The van der Waals surface area contributed by atoms with Crippen LogP contribution >= 0.6 is 0 Å². The number of Topliss-reactive ketones (excluding diaryl/α,β-unsaturated/α-hetero) is 1. The zero-order valence-electron chi connectivity index (χ0n) is 40.6. The van der Waals surface area contributed by atoms with Gasteiger partial charge < -0.3 is 94.6 Å². The molecule has 3 fully saturated rings. The predicted molar refractivity (Wildman–Crippen MR) is 231 cm³/mol. The second-order valence-electron chi connectivity index (χ2n) is 19.5. The zero-order valence-corrected chi connectivity index (χ0v) is 40.6. The average Bonchev–Trinajstić information content (AvgIpc) is 3.25. The van der Waals surface area contributed by atoms with Gasteiger partial charge in [0, 0.05) is 37.3 Å². The number of rotatable bonds is 13. The van der Waals surface area contributed by atoms with E-state index in [4.69, 9.17) is 64.2 Å². The van der Waals surface area contributed by atoms with E-state index in [1.54, 1.807) is 41.5 Å². The van der Waals surface area contributed by atoms with E-state index in [0.717, 1.165) is 0 Å². The summed E-state index contributed by atoms with van der Waals surface area (Å²) in [4.78, 5) is 40.0. The van der Waals surface area contributed by atoms with Gasteiger partial charge in [-0.05, 0) is 74.9 Å². The number of hydrogen-bond donors (Lipinski definition) is 12. The van der Waals surface area contributed by atoms with Crippen molar-refractivity contribution in [1.82, 2.24) is 4.90 Å². The number of ether oxygens (including phenoxy) is 6. The number of aliphatic hydroxyl groups excluding tert-OH is 9. The molecule has 0 aromatic rings. The van der Waals surface area contributed by atoms with E-state index in [-0.39, 0.29) is 31.4 Å². The first kappa shape index (κ1) is 60.1. The van der Waals surface area contributed by atoms with E-state index >= 15 is 0 Å². The molecule has 0 aromatic heterocycles. The van der Waals surface area contributed by atoms with Crippen molar-refractivity contribution in [3.8, 4) is 0 Å². The Morgan fingerprint density at radius 2 is 1.42 bits per heavy atom. The van der Waals surface area contributed by atoms with Crippen molar-refractivity contribution >= 4 is 17.7 Å². The Morgan fingerprint density at radius 3 is 1.92 bits per heavy atom. The van der Waals surface area contributed by atoms with Crippen LogP contribution in [0.4, 0.5) is 0 Å². The van der Waals surface area contributed by atoms with Gasteiger partial charge in [0.1, 0.15) is 54.1 Å². The summed E-state index contributed by atoms with van der Waals surface area (Å²) in [5, 5.41) is 119. The average molecular weight is 960 g/mol. The molecule has 0 bridgehead atoms. The quantitative estimate of drug-likeness (QED) is 0.0860. The van der Waals surface area contributed by atoms with Gasteiger partial charge in [-0.1, -0.05) is 27.7 Å². The highest BCUT2D eigenvalue weighted by Gasteiger charge is 2.53. The molecule has 0 saturated carbocycles. The summed E-state index contributed by atoms with van der Waals surface area (Å²) in [5.74, 6) is -6.76. The van der Waals surface area contributed by atoms with E-state index in [9.17, 15) is 39.9 Å². The van der Waals surface area contributed by atoms with Gasteiger partial charge in [-0.2, -0.15) is 0 Å². The number of cyclic esters (lactones) is 1. The van der Waals surface area contributed by atoms with Crippen molar-refractivity contribution in [1.29, 1.82) is 0 Å². The molecule has 0 aliphatic carbocycles. The Hall–Kier alpha value is -2.07. The molecule has 388 valence electrons. The molecular formula is C44H81NO21. The summed E-state index contributed by atoms with van der Waals surface area (Å²) in [5.41, 5.74) is -4.84. The number of esters is 1. The Morgan fingerprint density at radius 1 is 0.848 bits per heavy atom. The summed E-state index contributed by atoms with van der Waals surface area (Å²) in [6.07, 6.45) is -20.0. The highest BCUT2D eigenvalue weighted by atomic mass is 16.7. The van der Waals surface area contributed by atoms with Crippen molar-refractivity contribution < 1.29 is 104 Å². The fourth-order valence-electron chi connectivity index (χ4n) is 9.28. The molecule has 3 saturated heterocycles. The minimum atomic E-state index is -2.29. The molecule has 66 heavy (non-hydrogen) atoms. The van der Waals surface area contributed by atoms with E-state index in [1.807, 2.05) is 25.9 Å². The van der Waals surface area contributed by atoms with Crippen LogP contribution in [0.2, 0.25) is 0 Å². The van der Waals surface area contributed by atoms with Crippen LogP contribution in [0.3, 0.4) is 0 Å². The molecule has 3 rings (SSSR count). The minimum absolute atomic E-state index is 0.0936. The standard InChI is InChI=1S/C37H67NO13.C7H14O8/c1-14-25-37(10,45)30(41)20(4)27(39)18(2)16-35(8,44)32(51-34-28(40)24(38(11)12)15-19(3)47-34)21(5)29(22(6)33(43)49-25)50-26-17-36(9,46-13)31(42)23(7)48-26;8-1-2(9)3(10)4(11)5(12)6(13)7(14)15/h18-26,28-32,34,40-42,44-45H,14-17H2,1-13H3;2-6,8-13H,1H2,(H,14,15)/t18-,19+,20+,21+,22-,23+,24-,25-,26+,28+,29+,30-,31+,32-,34-,35-,36-,37-;2-,3-,4+,5-,6?/m11/s1. The summed E-state index contributed by atoms with van der Waals surface area (Å²) in [6.45, 7) is 15.5. The maximum Gasteiger partial charge on any atom is 0.335 e. The molecule has 3 aliphatic heterocycles. The summed E-state index contributed by atoms with van der Waals surface area (Å²) in [6, 6.07) is -0.324. The third-order valence-electron chi connectivity index (χ3n) is 13.7. The molecule has 3 aliphatic rings. The monoisotopic (exact) mass is 960 g/mol. The lowest BCUT2D eigenvalue weighted by molar-refractivity contribution is -0.318. The minimum Gasteiger partial charge on any atom is -0.479 e. The Balaban J connectivity index is 0.000000850. The highest BCUT2D eigenvalue weighted by Crippen LogP contribution is 2.41. The maximum atomic E-state index is 14.1. The number of likely N-dealkylation sites (N-methyl/N-ethyl adjacent to an activating group) is 1. The number of methoxy groups -OCH3 is 1. The first-order chi connectivity index (χ1) is 30.2. The Bertz CT molecular complexity index is 1540. The lowest BCUT2D eigenvalue weighted by atomic mass is 9.74. The lowest BCUT2D eigenvalue weighted by Crippen LogP contribution is -2.61. The number of ketones is 1. The Kier molecular flexibility index (Phi) is 22.4. The molecule has 3 heterocycles. The first-order valence-corrected chi connectivity index (χ1v) is 22.6. The SMILES string of the molecule is CC[C@H]1OC(=O)[C@H](C)[C@@H](O[C@H]2C[C@@](C)(OC)[C@@H](O)[C@H](C)O2)[C@H](C)[C@@H](O[C@H]2O[C@@H](C)C[C@@H](N(C)C)[C@@H]2O)[C@](C)(O)C[C@@H](C)C(=O)[C@H](C)[C@@H](O)[C@]1(C)O.O=C(O)C(O)[C@H](O)[C@@H](O)[C@H](O)[C@H](O)CO. The second-order valence-corrected chi connectivity index (χ2v) is 19.5. The molecule has 0 aromatic carbocycles. The molecule has 23 atom stereocenters. The number of carboxylic acid groups (broad SMARTS) is 1. The predicted octanol–water partition coefficient (Wildman–Crippen LogP) is -2.35. The number of carbonyl (C=O) groups is 3. The van der Waals surface area contributed by atoms with Crippen molar-refractivity contribution in [2.24, 2.45) is 23.7 Å². The first-order valence-electron chi connectivity index (χ1n) is 22.6. The number of carboxylic acids is 1. The molecule has 22 nitrogen and oxygen atoms in total. The van der Waals surface area contributed by atoms with Crippen molar-refractivity contribution in [3.63, 3.8) is 0 Å². The topological polar surface area (TPSA) is 353 Å². The second kappa shape index (κ2) is 24.7. The highest BCUT2D eigenvalue weighted by molar-refractivity contribution is 5.83. The van der Waals surface area contributed by atoms with Crippen LogP contribution in [-0.4, -0.2) is 226 Å². The third-order valence-corrected chi connectivity index (χ3v) is 13.7. The molecule has 0 amide bonds. The van der Waals surface area contributed by atoms with Gasteiger partial charge in [-0.25, -0.2) is 4.79 Å². The molecule has 0 spiro atoms. The molecular weight excluding hydrogens is 878 g/mol. The number of aliphatic hydroxyl groups is 11. The summed E-state index contributed by atoms with van der Waals surface area (Å²) >= 11 is 0. The fourth-order valence-corrected chi connectivity index (χ4v) is 9.28. The largest absolute Gasteiger partial charge is 0.479 e. The van der Waals surface area contributed by atoms with Gasteiger partial charge in [0.25, 0.3) is 0 Å². The number of aliphatic carboxylic acids is 1. The van der Waals surface area contributed by atoms with Gasteiger partial charge in [0.15, 0.2) is 18.7 Å². The van der Waals surface area contributed by atoms with Crippen LogP contribution in [0.15, 0.2) is 0 Å². The van der Waals surface area contributed by atoms with Crippen molar-refractivity contribution in [2.45, 2.75) is 210 Å². The normalized spacial score (nSPS) is 43.3. The van der Waals surface area contributed by atoms with Crippen LogP contribution in [-0.2, 0) is 42.8 Å². The van der Waals surface area contributed by atoms with Crippen LogP contribution in [0, 0.1) is 23.7 Å². The van der Waals surface area contributed by atoms with Gasteiger partial charge in [-0.3, -0.25) is 9.59 Å². The number of carbonyl (C=O) groups excluding carboxylic acids is 2. The van der Waals surface area contributed by atoms with Gasteiger partial charge in [0.2, 0.25) is 0 Å². The summed E-state index contributed by atoms with van der Waals surface area (Å²) in [7, 11) is 5.18. The zero-order chi connectivity index (χ0) is 51.1. The summed E-state index contributed by atoms with van der Waals surface area (Å²) < 4.78 is 37.1. The third kappa shape index (κ3) is 14.3. The van der Waals surface area contributed by atoms with Crippen LogP contribution < -0.4 is 0 Å². The van der Waals surface area contributed by atoms with E-state index in [2.05, 4.69) is 0 Å². The van der Waals surface area contributed by atoms with Gasteiger partial charge in [-0.15, -0.1) is 0 Å². The van der Waals surface area contributed by atoms with Crippen LogP contribution in [0.5, 0.6) is 0 Å². The Labute approximate surface area is 387 Å². The van der Waals surface area contributed by atoms with E-state index in [0.29, 0.717) is 6.42 Å².